The zero-order chi connectivity index (χ0) is 19.5. The molecule has 0 unspecified atom stereocenters. The number of nitrogens with zero attached hydrogens (tertiary/aromatic N) is 3. The van der Waals surface area contributed by atoms with Gasteiger partial charge in [0.2, 0.25) is 11.8 Å². The zero-order valence-electron chi connectivity index (χ0n) is 15.3. The second-order valence-electron chi connectivity index (χ2n) is 6.44. The molecule has 1 N–H and O–H groups in total. The highest BCUT2D eigenvalue weighted by Gasteiger charge is 2.14. The summed E-state index contributed by atoms with van der Waals surface area (Å²) < 4.78 is 1.94. The first kappa shape index (κ1) is 18.2. The summed E-state index contributed by atoms with van der Waals surface area (Å²) in [6.07, 6.45) is 0.176. The van der Waals surface area contributed by atoms with E-state index in [1.54, 1.807) is 0 Å². The van der Waals surface area contributed by atoms with Crippen LogP contribution in [0.5, 0.6) is 0 Å². The molecule has 0 saturated heterocycles. The highest BCUT2D eigenvalue weighted by molar-refractivity contribution is 7.99. The van der Waals surface area contributed by atoms with Gasteiger partial charge in [-0.15, -0.1) is 10.2 Å². The van der Waals surface area contributed by atoms with Gasteiger partial charge < -0.3 is 0 Å². The smallest absolute Gasteiger partial charge is 0.237 e. The number of rotatable bonds is 5. The lowest BCUT2D eigenvalue weighted by molar-refractivity contribution is -0.128. The molecule has 2 aromatic heterocycles. The summed E-state index contributed by atoms with van der Waals surface area (Å²) in [4.78, 5) is 24.2. The van der Waals surface area contributed by atoms with Gasteiger partial charge in [0.25, 0.3) is 0 Å². The van der Waals surface area contributed by atoms with Crippen LogP contribution in [0.1, 0.15) is 11.1 Å². The minimum atomic E-state index is -0.348. The molecular weight excluding hydrogens is 372 g/mol. The van der Waals surface area contributed by atoms with Crippen molar-refractivity contribution in [2.24, 2.45) is 0 Å². The van der Waals surface area contributed by atoms with E-state index in [0.717, 1.165) is 27.7 Å². The highest BCUT2D eigenvalue weighted by atomic mass is 32.2. The number of aryl methyl sites for hydroxylation is 1. The molecule has 0 bridgehead atoms. The summed E-state index contributed by atoms with van der Waals surface area (Å²) in [7, 11) is 0. The molecule has 2 heterocycles. The molecule has 7 heteroatoms. The fourth-order valence-corrected chi connectivity index (χ4v) is 3.87. The van der Waals surface area contributed by atoms with E-state index in [9.17, 15) is 9.59 Å². The number of thioether (sulfide) groups is 1. The number of fused-ring (bicyclic) bond motifs is 3. The maximum absolute atomic E-state index is 12.2. The van der Waals surface area contributed by atoms with Crippen molar-refractivity contribution in [1.29, 1.82) is 0 Å². The molecule has 0 aliphatic heterocycles. The van der Waals surface area contributed by atoms with Gasteiger partial charge in [-0.2, -0.15) is 0 Å². The number of hydrogen-bond acceptors (Lipinski definition) is 5. The number of imide groups is 1. The lowest BCUT2D eigenvalue weighted by Crippen LogP contribution is -2.33. The summed E-state index contributed by atoms with van der Waals surface area (Å²) in [5.74, 6) is -0.577. The summed E-state index contributed by atoms with van der Waals surface area (Å²) in [5, 5.41) is 12.6. The number of nitrogens with one attached hydrogen (secondary N) is 1. The molecule has 4 aromatic rings. The minimum Gasteiger partial charge on any atom is -0.295 e. The maximum Gasteiger partial charge on any atom is 0.237 e. The number of amides is 2. The predicted octanol–water partition coefficient (Wildman–Crippen LogP) is 3.17. The minimum absolute atomic E-state index is 0.0868. The molecule has 0 aliphatic carbocycles. The number of pyridine rings is 1. The van der Waals surface area contributed by atoms with Crippen LogP contribution in [0, 0.1) is 6.92 Å². The summed E-state index contributed by atoms with van der Waals surface area (Å²) >= 11 is 1.26. The molecule has 0 spiro atoms. The van der Waals surface area contributed by atoms with Gasteiger partial charge in [-0.05, 0) is 30.2 Å². The topological polar surface area (TPSA) is 76.4 Å². The molecular formula is C21H18N4O2S. The Morgan fingerprint density at radius 1 is 1.00 bits per heavy atom. The largest absolute Gasteiger partial charge is 0.295 e. The second-order valence-corrected chi connectivity index (χ2v) is 7.39. The van der Waals surface area contributed by atoms with Gasteiger partial charge in [0, 0.05) is 5.39 Å². The van der Waals surface area contributed by atoms with E-state index in [1.807, 2.05) is 72.0 Å². The van der Waals surface area contributed by atoms with Crippen molar-refractivity contribution in [3.05, 3.63) is 71.8 Å². The Morgan fingerprint density at radius 2 is 1.75 bits per heavy atom. The van der Waals surface area contributed by atoms with Gasteiger partial charge in [-0.3, -0.25) is 19.3 Å². The molecule has 2 amide bonds. The van der Waals surface area contributed by atoms with Crippen molar-refractivity contribution in [3.8, 4) is 0 Å². The molecule has 0 radical (unpaired) electrons. The number of carbonyl (C=O) groups is 2. The first-order valence-electron chi connectivity index (χ1n) is 8.85. The number of benzene rings is 2. The first-order chi connectivity index (χ1) is 13.6. The van der Waals surface area contributed by atoms with Crippen molar-refractivity contribution >= 4 is 40.1 Å². The third kappa shape index (κ3) is 3.75. The van der Waals surface area contributed by atoms with Crippen LogP contribution in [0.3, 0.4) is 0 Å². The normalized spacial score (nSPS) is 11.0. The van der Waals surface area contributed by atoms with E-state index in [4.69, 9.17) is 0 Å². The van der Waals surface area contributed by atoms with Crippen molar-refractivity contribution < 1.29 is 9.59 Å². The summed E-state index contributed by atoms with van der Waals surface area (Å²) in [5.41, 5.74) is 3.71. The number of aromatic nitrogens is 3. The Bertz CT molecular complexity index is 1170. The quantitative estimate of drug-likeness (QED) is 0.530. The van der Waals surface area contributed by atoms with Gasteiger partial charge in [0.1, 0.15) is 0 Å². The Kier molecular flexibility index (Phi) is 5.08. The van der Waals surface area contributed by atoms with Crippen LogP contribution in [0.25, 0.3) is 16.6 Å². The van der Waals surface area contributed by atoms with Crippen LogP contribution < -0.4 is 5.32 Å². The van der Waals surface area contributed by atoms with E-state index < -0.39 is 0 Å². The van der Waals surface area contributed by atoms with Crippen molar-refractivity contribution in [1.82, 2.24) is 19.9 Å². The zero-order valence-corrected chi connectivity index (χ0v) is 16.1. The van der Waals surface area contributed by atoms with Gasteiger partial charge in [-0.1, -0.05) is 60.3 Å². The van der Waals surface area contributed by atoms with Crippen molar-refractivity contribution in [3.63, 3.8) is 0 Å². The van der Waals surface area contributed by atoms with Gasteiger partial charge in [0.15, 0.2) is 10.8 Å². The van der Waals surface area contributed by atoms with Gasteiger partial charge in [-0.25, -0.2) is 0 Å². The molecule has 28 heavy (non-hydrogen) atoms. The predicted molar refractivity (Wildman–Crippen MR) is 109 cm³/mol. The van der Waals surface area contributed by atoms with Crippen LogP contribution >= 0.6 is 11.8 Å². The fourth-order valence-electron chi connectivity index (χ4n) is 3.12. The van der Waals surface area contributed by atoms with Crippen LogP contribution in [-0.2, 0) is 16.0 Å². The SMILES string of the molecule is Cc1cc2nnc(SCC(=O)NC(=O)Cc3ccccc3)n2c2ccccc12. The van der Waals surface area contributed by atoms with Crippen LogP contribution in [0.4, 0.5) is 0 Å². The molecule has 140 valence electrons. The molecule has 0 saturated carbocycles. The van der Waals surface area contributed by atoms with Crippen LogP contribution in [0.15, 0.2) is 65.8 Å². The molecule has 0 fully saturated rings. The van der Waals surface area contributed by atoms with Gasteiger partial charge in [0.05, 0.1) is 17.7 Å². The number of carbonyl (C=O) groups excluding carboxylic acids is 2. The van der Waals surface area contributed by atoms with E-state index in [0.29, 0.717) is 5.16 Å². The number of para-hydroxylation sites is 1. The van der Waals surface area contributed by atoms with E-state index in [2.05, 4.69) is 15.5 Å². The molecule has 4 rings (SSSR count). The number of hydrogen-bond donors (Lipinski definition) is 1. The Hall–Kier alpha value is -3.19. The first-order valence-corrected chi connectivity index (χ1v) is 9.83. The maximum atomic E-state index is 12.2. The lowest BCUT2D eigenvalue weighted by Gasteiger charge is -2.07. The molecule has 6 nitrogen and oxygen atoms in total. The standard InChI is InChI=1S/C21H18N4O2S/c1-14-11-18-23-24-21(25(18)17-10-6-5-9-16(14)17)28-13-20(27)22-19(26)12-15-7-3-2-4-8-15/h2-11H,12-13H2,1H3,(H,22,26,27). The third-order valence-electron chi connectivity index (χ3n) is 4.39. The van der Waals surface area contributed by atoms with Crippen molar-refractivity contribution in [2.75, 3.05) is 5.75 Å². The monoisotopic (exact) mass is 390 g/mol. The van der Waals surface area contributed by atoms with E-state index in [-0.39, 0.29) is 24.0 Å². The summed E-state index contributed by atoms with van der Waals surface area (Å²) in [6, 6.07) is 19.3. The highest BCUT2D eigenvalue weighted by Crippen LogP contribution is 2.25. The molecule has 2 aromatic carbocycles. The van der Waals surface area contributed by atoms with E-state index >= 15 is 0 Å². The Balaban J connectivity index is 1.46. The lowest BCUT2D eigenvalue weighted by atomic mass is 10.1. The summed E-state index contributed by atoms with van der Waals surface area (Å²) in [6.45, 7) is 2.04. The van der Waals surface area contributed by atoms with Crippen LogP contribution in [-0.4, -0.2) is 32.2 Å². The second kappa shape index (κ2) is 7.82. The Labute approximate surface area is 166 Å². The molecule has 0 aliphatic rings. The fraction of sp³-hybridized carbons (Fsp3) is 0.143. The van der Waals surface area contributed by atoms with Gasteiger partial charge >= 0.3 is 0 Å². The Morgan fingerprint density at radius 3 is 2.57 bits per heavy atom. The molecule has 0 atom stereocenters. The van der Waals surface area contributed by atoms with Crippen LogP contribution in [0.2, 0.25) is 0 Å². The third-order valence-corrected chi connectivity index (χ3v) is 5.32. The average Bonchev–Trinajstić information content (AvgIpc) is 3.10. The van der Waals surface area contributed by atoms with E-state index in [1.165, 1.54) is 11.8 Å². The average molecular weight is 390 g/mol. The van der Waals surface area contributed by atoms with Crippen molar-refractivity contribution in [2.45, 2.75) is 18.5 Å².